The molecule has 4 nitrogen and oxygen atoms in total. The average Bonchev–Trinajstić information content (AvgIpc) is 2.78. The molecule has 0 bridgehead atoms. The number of carbonyl (C=O) groups is 3. The van der Waals surface area contributed by atoms with E-state index in [1.165, 1.54) is 0 Å². The maximum absolute atomic E-state index is 13.5. The van der Waals surface area contributed by atoms with E-state index in [4.69, 9.17) is 0 Å². The van der Waals surface area contributed by atoms with Gasteiger partial charge >= 0.3 is 0 Å². The van der Waals surface area contributed by atoms with E-state index in [1.807, 2.05) is 60.7 Å². The van der Waals surface area contributed by atoms with Crippen LogP contribution < -0.4 is 5.32 Å². The number of thioether (sulfide) groups is 1. The highest BCUT2D eigenvalue weighted by molar-refractivity contribution is 7.99. The summed E-state index contributed by atoms with van der Waals surface area (Å²) in [5.41, 5.74) is 1.04. The molecule has 32 heavy (non-hydrogen) atoms. The molecule has 172 valence electrons. The summed E-state index contributed by atoms with van der Waals surface area (Å²) in [5.74, 6) is -0.522. The van der Waals surface area contributed by atoms with Gasteiger partial charge in [0.25, 0.3) is 0 Å². The first kappa shape index (κ1) is 25.9. The Balaban J connectivity index is 2.21. The minimum Gasteiger partial charge on any atom is -0.359 e. The van der Waals surface area contributed by atoms with Crippen molar-refractivity contribution in [1.29, 1.82) is 0 Å². The molecule has 3 atom stereocenters. The monoisotopic (exact) mass is 453 g/mol. The van der Waals surface area contributed by atoms with Gasteiger partial charge in [0.1, 0.15) is 11.6 Å². The van der Waals surface area contributed by atoms with Gasteiger partial charge in [-0.1, -0.05) is 62.4 Å². The summed E-state index contributed by atoms with van der Waals surface area (Å²) in [6, 6.07) is 19.7. The zero-order valence-electron chi connectivity index (χ0n) is 19.5. The average molecular weight is 454 g/mol. The molecule has 0 heterocycles. The van der Waals surface area contributed by atoms with Crippen LogP contribution in [0.2, 0.25) is 0 Å². The summed E-state index contributed by atoms with van der Waals surface area (Å²) in [4.78, 5) is 39.8. The quantitative estimate of drug-likeness (QED) is 0.423. The lowest BCUT2D eigenvalue weighted by molar-refractivity contribution is -0.135. The Morgan fingerprint density at radius 3 is 2.03 bits per heavy atom. The standard InChI is InChI=1S/C27H35NO3S/c1-19(2)15-24(25(27(31)28-4)18-32-23-13-9-6-10-14-23)26(30)17-22(20(3)29)16-21-11-7-5-8-12-21/h5-14,19,22,24-25H,15-18H2,1-4H3,(H,28,31)/t22-,24-,25+/m1/s1. The smallest absolute Gasteiger partial charge is 0.224 e. The molecule has 2 aromatic rings. The zero-order chi connectivity index (χ0) is 23.5. The Bertz CT molecular complexity index is 867. The van der Waals surface area contributed by atoms with Crippen molar-refractivity contribution >= 4 is 29.2 Å². The second-order valence-electron chi connectivity index (χ2n) is 8.75. The van der Waals surface area contributed by atoms with Crippen molar-refractivity contribution in [3.8, 4) is 0 Å². The van der Waals surface area contributed by atoms with Crippen LogP contribution in [0.25, 0.3) is 0 Å². The molecule has 0 fully saturated rings. The van der Waals surface area contributed by atoms with E-state index in [0.717, 1.165) is 10.5 Å². The number of rotatable bonds is 13. The molecule has 1 amide bonds. The van der Waals surface area contributed by atoms with E-state index < -0.39 is 11.8 Å². The van der Waals surface area contributed by atoms with Gasteiger partial charge in [0.2, 0.25) is 5.91 Å². The van der Waals surface area contributed by atoms with Crippen molar-refractivity contribution < 1.29 is 14.4 Å². The molecule has 0 aliphatic rings. The second-order valence-corrected chi connectivity index (χ2v) is 9.84. The Hall–Kier alpha value is -2.40. The van der Waals surface area contributed by atoms with Crippen molar-refractivity contribution in [3.63, 3.8) is 0 Å². The number of benzene rings is 2. The van der Waals surface area contributed by atoms with Crippen LogP contribution in [0, 0.1) is 23.7 Å². The molecule has 0 spiro atoms. The first-order chi connectivity index (χ1) is 15.3. The number of ketones is 2. The van der Waals surface area contributed by atoms with Crippen LogP contribution >= 0.6 is 11.8 Å². The van der Waals surface area contributed by atoms with Gasteiger partial charge < -0.3 is 5.32 Å². The van der Waals surface area contributed by atoms with Crippen LogP contribution in [0.1, 0.15) is 39.2 Å². The fourth-order valence-electron chi connectivity index (χ4n) is 3.94. The third kappa shape index (κ3) is 8.27. The van der Waals surface area contributed by atoms with Gasteiger partial charge in [-0.2, -0.15) is 0 Å². The number of hydrogen-bond acceptors (Lipinski definition) is 4. The molecule has 0 saturated heterocycles. The molecule has 0 aliphatic heterocycles. The first-order valence-electron chi connectivity index (χ1n) is 11.3. The van der Waals surface area contributed by atoms with Gasteiger partial charge in [-0.05, 0) is 43.4 Å². The van der Waals surface area contributed by atoms with E-state index in [2.05, 4.69) is 19.2 Å². The third-order valence-corrected chi connectivity index (χ3v) is 6.86. The summed E-state index contributed by atoms with van der Waals surface area (Å²) in [6.45, 7) is 5.69. The molecule has 0 unspecified atom stereocenters. The normalized spacial score (nSPS) is 13.9. The van der Waals surface area contributed by atoms with Crippen molar-refractivity contribution in [1.82, 2.24) is 5.32 Å². The maximum atomic E-state index is 13.5. The summed E-state index contributed by atoms with van der Waals surface area (Å²) >= 11 is 1.59. The lowest BCUT2D eigenvalue weighted by Gasteiger charge is -2.27. The van der Waals surface area contributed by atoms with Crippen LogP contribution in [0.3, 0.4) is 0 Å². The highest BCUT2D eigenvalue weighted by Gasteiger charge is 2.35. The third-order valence-electron chi connectivity index (χ3n) is 5.73. The molecule has 5 heteroatoms. The highest BCUT2D eigenvalue weighted by atomic mass is 32.2. The fraction of sp³-hybridized carbons (Fsp3) is 0.444. The number of carbonyl (C=O) groups excluding carboxylic acids is 3. The number of amides is 1. The lowest BCUT2D eigenvalue weighted by atomic mass is 9.78. The predicted molar refractivity (Wildman–Crippen MR) is 132 cm³/mol. The van der Waals surface area contributed by atoms with Gasteiger partial charge in [-0.3, -0.25) is 14.4 Å². The van der Waals surface area contributed by atoms with Gasteiger partial charge in [0, 0.05) is 36.0 Å². The zero-order valence-corrected chi connectivity index (χ0v) is 20.4. The molecule has 0 aliphatic carbocycles. The topological polar surface area (TPSA) is 63.2 Å². The largest absolute Gasteiger partial charge is 0.359 e. The first-order valence-corrected chi connectivity index (χ1v) is 12.3. The van der Waals surface area contributed by atoms with Crippen molar-refractivity contribution in [2.24, 2.45) is 23.7 Å². The van der Waals surface area contributed by atoms with Crippen LogP contribution in [-0.4, -0.2) is 30.3 Å². The number of nitrogens with one attached hydrogen (secondary N) is 1. The van der Waals surface area contributed by atoms with Crippen LogP contribution in [0.5, 0.6) is 0 Å². The molecular formula is C27H35NO3S. The Labute approximate surface area is 196 Å². The van der Waals surface area contributed by atoms with Gasteiger partial charge in [0.15, 0.2) is 0 Å². The molecule has 2 aromatic carbocycles. The van der Waals surface area contributed by atoms with E-state index in [1.54, 1.807) is 25.7 Å². The Kier molecular flexibility index (Phi) is 10.7. The predicted octanol–water partition coefficient (Wildman–Crippen LogP) is 5.21. The summed E-state index contributed by atoms with van der Waals surface area (Å²) in [7, 11) is 1.62. The SMILES string of the molecule is CNC(=O)[C@@H](CSc1ccccc1)[C@@H](CC(C)C)C(=O)C[C@@H](Cc1ccccc1)C(C)=O. The van der Waals surface area contributed by atoms with Crippen LogP contribution in [0.4, 0.5) is 0 Å². The van der Waals surface area contributed by atoms with Crippen LogP contribution in [-0.2, 0) is 20.8 Å². The van der Waals surface area contributed by atoms with E-state index in [-0.39, 0.29) is 35.7 Å². The van der Waals surface area contributed by atoms with E-state index in [0.29, 0.717) is 18.6 Å². The van der Waals surface area contributed by atoms with Gasteiger partial charge in [-0.25, -0.2) is 0 Å². The minimum atomic E-state index is -0.440. The van der Waals surface area contributed by atoms with Crippen molar-refractivity contribution in [3.05, 3.63) is 66.2 Å². The summed E-state index contributed by atoms with van der Waals surface area (Å²) in [5, 5.41) is 2.75. The Morgan fingerprint density at radius 1 is 0.906 bits per heavy atom. The van der Waals surface area contributed by atoms with Crippen molar-refractivity contribution in [2.75, 3.05) is 12.8 Å². The molecule has 2 rings (SSSR count). The lowest BCUT2D eigenvalue weighted by Crippen LogP contribution is -2.39. The second kappa shape index (κ2) is 13.2. The molecule has 1 N–H and O–H groups in total. The summed E-state index contributed by atoms with van der Waals surface area (Å²) in [6.07, 6.45) is 1.34. The highest BCUT2D eigenvalue weighted by Crippen LogP contribution is 2.31. The minimum absolute atomic E-state index is 0.0112. The van der Waals surface area contributed by atoms with Crippen LogP contribution in [0.15, 0.2) is 65.6 Å². The van der Waals surface area contributed by atoms with Gasteiger partial charge in [0.05, 0.1) is 5.92 Å². The molecule has 0 aromatic heterocycles. The molecule has 0 saturated carbocycles. The van der Waals surface area contributed by atoms with E-state index >= 15 is 0 Å². The van der Waals surface area contributed by atoms with E-state index in [9.17, 15) is 14.4 Å². The number of hydrogen-bond donors (Lipinski definition) is 1. The molecular weight excluding hydrogens is 418 g/mol. The summed E-state index contributed by atoms with van der Waals surface area (Å²) < 4.78 is 0. The van der Waals surface area contributed by atoms with Gasteiger partial charge in [-0.15, -0.1) is 11.8 Å². The fourth-order valence-corrected chi connectivity index (χ4v) is 5.05. The van der Waals surface area contributed by atoms with Crippen molar-refractivity contribution in [2.45, 2.75) is 44.9 Å². The molecule has 0 radical (unpaired) electrons. The number of Topliss-reactive ketones (excluding diaryl/α,β-unsaturated/α-hetero) is 2. The Morgan fingerprint density at radius 2 is 1.50 bits per heavy atom. The maximum Gasteiger partial charge on any atom is 0.224 e.